The second-order valence-corrected chi connectivity index (χ2v) is 11.1. The number of anilines is 2. The van der Waals surface area contributed by atoms with Gasteiger partial charge in [-0.25, -0.2) is 8.42 Å². The molecule has 166 valence electrons. The van der Waals surface area contributed by atoms with Crippen LogP contribution < -0.4 is 14.5 Å². The first-order valence-corrected chi connectivity index (χ1v) is 12.7. The third kappa shape index (κ3) is 5.06. The first-order chi connectivity index (χ1) is 14.4. The van der Waals surface area contributed by atoms with Crippen LogP contribution >= 0.6 is 34.5 Å². The lowest BCUT2D eigenvalue weighted by molar-refractivity contribution is -0.116. The van der Waals surface area contributed by atoms with Crippen molar-refractivity contribution < 1.29 is 13.2 Å². The van der Waals surface area contributed by atoms with Crippen LogP contribution in [0.15, 0.2) is 41.2 Å². The number of benzene rings is 2. The Morgan fingerprint density at radius 1 is 1.10 bits per heavy atom. The summed E-state index contributed by atoms with van der Waals surface area (Å²) < 4.78 is 28.3. The molecule has 7 nitrogen and oxygen atoms in total. The molecule has 3 aromatic rings. The van der Waals surface area contributed by atoms with Crippen LogP contribution in [0.25, 0.3) is 10.2 Å². The molecule has 1 N–H and O–H groups in total. The molecule has 11 heteroatoms. The Kier molecular flexibility index (Phi) is 6.71. The summed E-state index contributed by atoms with van der Waals surface area (Å²) in [4.78, 5) is 25.1. The lowest BCUT2D eigenvalue weighted by Crippen LogP contribution is -2.45. The Morgan fingerprint density at radius 3 is 2.26 bits per heavy atom. The van der Waals surface area contributed by atoms with Gasteiger partial charge in [0.25, 0.3) is 0 Å². The number of thiazole rings is 1. The van der Waals surface area contributed by atoms with Gasteiger partial charge >= 0.3 is 4.87 Å². The van der Waals surface area contributed by atoms with Crippen LogP contribution in [0.4, 0.5) is 11.4 Å². The highest BCUT2D eigenvalue weighted by molar-refractivity contribution is 7.92. The molecule has 0 aliphatic heterocycles. The highest BCUT2D eigenvalue weighted by Gasteiger charge is 2.30. The van der Waals surface area contributed by atoms with E-state index in [1.54, 1.807) is 22.8 Å². The molecular formula is C20H21Cl2N3O4S2. The summed E-state index contributed by atoms with van der Waals surface area (Å²) in [6, 6.07) is 8.40. The number of fused-ring (bicyclic) bond motifs is 1. The molecule has 31 heavy (non-hydrogen) atoms. The van der Waals surface area contributed by atoms with E-state index < -0.39 is 22.0 Å². The van der Waals surface area contributed by atoms with Gasteiger partial charge in [-0.2, -0.15) is 0 Å². The number of halogens is 2. The third-order valence-electron chi connectivity index (χ3n) is 4.59. The zero-order chi connectivity index (χ0) is 23.1. The number of nitrogens with zero attached hydrogens (tertiary/aromatic N) is 2. The molecule has 0 spiro atoms. The number of sulfonamides is 1. The summed E-state index contributed by atoms with van der Waals surface area (Å²) in [7, 11) is -3.82. The second kappa shape index (κ2) is 8.82. The maximum atomic E-state index is 12.9. The number of aromatic nitrogens is 1. The molecule has 1 unspecified atom stereocenters. The van der Waals surface area contributed by atoms with Crippen molar-refractivity contribution in [3.05, 3.63) is 56.1 Å². The van der Waals surface area contributed by atoms with Gasteiger partial charge in [-0.1, -0.05) is 34.5 Å². The van der Waals surface area contributed by atoms with Crippen molar-refractivity contribution >= 4 is 72.1 Å². The smallest absolute Gasteiger partial charge is 0.308 e. The molecule has 0 saturated carbocycles. The van der Waals surface area contributed by atoms with Gasteiger partial charge in [0.15, 0.2) is 0 Å². The summed E-state index contributed by atoms with van der Waals surface area (Å²) >= 11 is 13.1. The molecule has 2 aromatic carbocycles. The largest absolute Gasteiger partial charge is 0.324 e. The van der Waals surface area contributed by atoms with Gasteiger partial charge in [-0.3, -0.25) is 18.5 Å². The van der Waals surface area contributed by atoms with E-state index in [9.17, 15) is 18.0 Å². The van der Waals surface area contributed by atoms with E-state index in [0.29, 0.717) is 5.69 Å². The predicted octanol–water partition coefficient (Wildman–Crippen LogP) is 4.74. The molecule has 1 amide bonds. The first kappa shape index (κ1) is 23.6. The van der Waals surface area contributed by atoms with Gasteiger partial charge in [-0.05, 0) is 57.2 Å². The normalized spacial score (nSPS) is 12.9. The quantitative estimate of drug-likeness (QED) is 0.527. The lowest BCUT2D eigenvalue weighted by atomic mass is 10.2. The molecule has 0 saturated heterocycles. The molecule has 0 bridgehead atoms. The Morgan fingerprint density at radius 2 is 1.71 bits per heavy atom. The Hall–Kier alpha value is -2.07. The van der Waals surface area contributed by atoms with E-state index in [-0.39, 0.29) is 26.6 Å². The number of carbonyl (C=O) groups excluding carboxylic acids is 1. The molecule has 0 radical (unpaired) electrons. The van der Waals surface area contributed by atoms with Crippen LogP contribution in [0.5, 0.6) is 0 Å². The number of hydrogen-bond acceptors (Lipinski definition) is 5. The fraction of sp³-hybridized carbons (Fsp3) is 0.300. The maximum Gasteiger partial charge on any atom is 0.308 e. The van der Waals surface area contributed by atoms with Crippen molar-refractivity contribution in [2.24, 2.45) is 0 Å². The molecule has 3 rings (SSSR count). The zero-order valence-corrected chi connectivity index (χ0v) is 20.4. The van der Waals surface area contributed by atoms with Gasteiger partial charge in [-0.15, -0.1) is 0 Å². The van der Waals surface area contributed by atoms with E-state index in [1.807, 2.05) is 13.8 Å². The third-order valence-corrected chi connectivity index (χ3v) is 7.18. The van der Waals surface area contributed by atoms with Gasteiger partial charge in [0.05, 0.1) is 22.2 Å². The lowest BCUT2D eigenvalue weighted by Gasteiger charge is -2.28. The van der Waals surface area contributed by atoms with Crippen molar-refractivity contribution in [2.75, 3.05) is 15.9 Å². The molecule has 0 aliphatic rings. The van der Waals surface area contributed by atoms with E-state index in [4.69, 9.17) is 23.2 Å². The van der Waals surface area contributed by atoms with Crippen LogP contribution in [0.2, 0.25) is 10.0 Å². The van der Waals surface area contributed by atoms with Crippen molar-refractivity contribution in [1.82, 2.24) is 4.57 Å². The van der Waals surface area contributed by atoms with E-state index in [0.717, 1.165) is 32.1 Å². The second-order valence-electron chi connectivity index (χ2n) is 7.37. The minimum absolute atomic E-state index is 0.00885. The fourth-order valence-electron chi connectivity index (χ4n) is 3.33. The summed E-state index contributed by atoms with van der Waals surface area (Å²) in [5, 5.41) is 3.23. The van der Waals surface area contributed by atoms with Gasteiger partial charge in [0.1, 0.15) is 6.04 Å². The minimum atomic E-state index is -3.82. The van der Waals surface area contributed by atoms with Crippen LogP contribution in [0.3, 0.4) is 0 Å². The number of hydrogen-bond donors (Lipinski definition) is 1. The monoisotopic (exact) mass is 501 g/mol. The van der Waals surface area contributed by atoms with Gasteiger partial charge in [0, 0.05) is 21.8 Å². The summed E-state index contributed by atoms with van der Waals surface area (Å²) in [5.41, 5.74) is 1.42. The summed E-state index contributed by atoms with van der Waals surface area (Å²) in [5.74, 6) is -0.545. The maximum absolute atomic E-state index is 12.9. The highest BCUT2D eigenvalue weighted by Crippen LogP contribution is 2.29. The van der Waals surface area contributed by atoms with Crippen LogP contribution in [-0.4, -0.2) is 31.2 Å². The molecule has 1 atom stereocenters. The number of amides is 1. The molecule has 0 aliphatic carbocycles. The zero-order valence-electron chi connectivity index (χ0n) is 17.2. The first-order valence-electron chi connectivity index (χ1n) is 9.30. The predicted molar refractivity (Wildman–Crippen MR) is 128 cm³/mol. The van der Waals surface area contributed by atoms with E-state index >= 15 is 0 Å². The van der Waals surface area contributed by atoms with Crippen molar-refractivity contribution in [3.63, 3.8) is 0 Å². The number of carbonyl (C=O) groups is 1. The average molecular weight is 502 g/mol. The molecule has 1 heterocycles. The topological polar surface area (TPSA) is 88.5 Å². The van der Waals surface area contributed by atoms with E-state index in [2.05, 4.69) is 5.32 Å². The standard InChI is InChI=1S/C20H21Cl2N3O4S2/c1-11(2)24-17-6-5-15(10-18(17)30-20(24)27)23-19(26)12(3)25(31(4,28)29)16-8-13(21)7-14(22)9-16/h5-12H,1-4H3,(H,23,26). The van der Waals surface area contributed by atoms with Crippen molar-refractivity contribution in [2.45, 2.75) is 32.9 Å². The number of rotatable bonds is 6. The molecule has 1 aromatic heterocycles. The van der Waals surface area contributed by atoms with Crippen LogP contribution in [0.1, 0.15) is 26.8 Å². The van der Waals surface area contributed by atoms with Crippen LogP contribution in [-0.2, 0) is 14.8 Å². The fourth-order valence-corrected chi connectivity index (χ4v) is 6.05. The number of nitrogens with one attached hydrogen (secondary N) is 1. The van der Waals surface area contributed by atoms with Crippen molar-refractivity contribution in [3.8, 4) is 0 Å². The van der Waals surface area contributed by atoms with E-state index in [1.165, 1.54) is 25.1 Å². The van der Waals surface area contributed by atoms with Gasteiger partial charge in [0.2, 0.25) is 15.9 Å². The van der Waals surface area contributed by atoms with Crippen molar-refractivity contribution in [1.29, 1.82) is 0 Å². The SMILES string of the molecule is CC(C(=O)Nc1ccc2c(c1)sc(=O)n2C(C)C)N(c1cc(Cl)cc(Cl)c1)S(C)(=O)=O. The molecular weight excluding hydrogens is 481 g/mol. The molecule has 0 fully saturated rings. The minimum Gasteiger partial charge on any atom is -0.324 e. The van der Waals surface area contributed by atoms with Crippen LogP contribution in [0, 0.1) is 0 Å². The Bertz CT molecular complexity index is 1300. The Balaban J connectivity index is 1.93. The highest BCUT2D eigenvalue weighted by atomic mass is 35.5. The van der Waals surface area contributed by atoms with Gasteiger partial charge < -0.3 is 5.32 Å². The Labute approximate surface area is 194 Å². The summed E-state index contributed by atoms with van der Waals surface area (Å²) in [6.45, 7) is 5.32. The average Bonchev–Trinajstić information content (AvgIpc) is 2.94. The summed E-state index contributed by atoms with van der Waals surface area (Å²) in [6.07, 6.45) is 1.00.